The molecule has 0 saturated heterocycles. The predicted molar refractivity (Wildman–Crippen MR) is 237 cm³/mol. The van der Waals surface area contributed by atoms with Crippen molar-refractivity contribution in [1.82, 2.24) is 9.55 Å². The highest BCUT2D eigenvalue weighted by molar-refractivity contribution is 6.12. The van der Waals surface area contributed by atoms with Crippen LogP contribution in [0.15, 0.2) is 212 Å². The van der Waals surface area contributed by atoms with Crippen LogP contribution in [0.5, 0.6) is 0 Å². The van der Waals surface area contributed by atoms with E-state index in [0.717, 1.165) is 11.2 Å². The van der Waals surface area contributed by atoms with E-state index >= 15 is 0 Å². The molecule has 262 valence electrons. The van der Waals surface area contributed by atoms with Gasteiger partial charge < -0.3 is 9.55 Å². The van der Waals surface area contributed by atoms with E-state index in [1.807, 2.05) is 0 Å². The number of aromatic amines is 1. The molecule has 0 spiro atoms. The Morgan fingerprint density at radius 1 is 0.250 bits per heavy atom. The highest BCUT2D eigenvalue weighted by atomic mass is 15.0. The minimum absolute atomic E-state index is 1.14. The Hall–Kier alpha value is -7.42. The number of fused-ring (bicyclic) bond motifs is 6. The second-order valence-corrected chi connectivity index (χ2v) is 14.7. The Kier molecular flexibility index (Phi) is 7.53. The minimum atomic E-state index is 1.14. The molecule has 1 N–H and O–H groups in total. The van der Waals surface area contributed by atoms with Crippen LogP contribution in [0, 0.1) is 0 Å². The van der Waals surface area contributed by atoms with E-state index in [1.165, 1.54) is 93.7 Å². The summed E-state index contributed by atoms with van der Waals surface area (Å²) in [7, 11) is 0. The molecule has 0 aliphatic rings. The molecule has 0 atom stereocenters. The molecule has 0 aliphatic heterocycles. The van der Waals surface area contributed by atoms with Gasteiger partial charge in [-0.25, -0.2) is 0 Å². The highest BCUT2D eigenvalue weighted by Crippen LogP contribution is 2.39. The van der Waals surface area contributed by atoms with E-state index in [0.29, 0.717) is 0 Å². The molecular weight excluding hydrogens is 677 g/mol. The monoisotopic (exact) mass is 712 g/mol. The van der Waals surface area contributed by atoms with Gasteiger partial charge in [-0.15, -0.1) is 0 Å². The van der Waals surface area contributed by atoms with E-state index in [4.69, 9.17) is 0 Å². The first-order valence-electron chi connectivity index (χ1n) is 19.2. The molecule has 0 radical (unpaired) electrons. The van der Waals surface area contributed by atoms with E-state index in [-0.39, 0.29) is 0 Å². The number of rotatable bonds is 6. The van der Waals surface area contributed by atoms with Crippen LogP contribution in [0.2, 0.25) is 0 Å². The lowest BCUT2D eigenvalue weighted by Crippen LogP contribution is -1.94. The zero-order valence-corrected chi connectivity index (χ0v) is 30.7. The Balaban J connectivity index is 1.02. The molecule has 0 amide bonds. The van der Waals surface area contributed by atoms with E-state index in [9.17, 15) is 0 Å². The van der Waals surface area contributed by atoms with Crippen LogP contribution in [-0.4, -0.2) is 9.55 Å². The summed E-state index contributed by atoms with van der Waals surface area (Å²) in [5.74, 6) is 0. The standard InChI is InChI=1S/C54H36N2/c1-3-9-36(10-4-1)38-15-19-40(20-16-38)44-26-31-53-49(34-44)50-35-45(41-21-17-39(18-22-41)37-11-5-2-6-12-37)27-32-54(50)56(53)46-28-23-42(24-29-46)43-25-30-52-48(33-43)47-13-7-8-14-51(47)55-52/h1-35,55H. The summed E-state index contributed by atoms with van der Waals surface area (Å²) in [4.78, 5) is 3.56. The number of nitrogens with one attached hydrogen (secondary N) is 1. The SMILES string of the molecule is c1ccc(-c2ccc(-c3ccc4c(c3)c3cc(-c5ccc(-c6ccccc6)cc5)ccc3n4-c3ccc(-c4ccc5[nH]c6ccccc6c5c4)cc3)cc2)cc1. The number of hydrogen-bond donors (Lipinski definition) is 1. The maximum Gasteiger partial charge on any atom is 0.0541 e. The van der Waals surface area contributed by atoms with Gasteiger partial charge in [0.25, 0.3) is 0 Å². The van der Waals surface area contributed by atoms with Crippen molar-refractivity contribution in [1.29, 1.82) is 0 Å². The van der Waals surface area contributed by atoms with Crippen LogP contribution < -0.4 is 0 Å². The Labute approximate surface area is 325 Å². The number of aromatic nitrogens is 2. The van der Waals surface area contributed by atoms with Crippen molar-refractivity contribution in [2.75, 3.05) is 0 Å². The summed E-state index contributed by atoms with van der Waals surface area (Å²) in [6.45, 7) is 0. The lowest BCUT2D eigenvalue weighted by atomic mass is 9.97. The molecule has 2 heteroatoms. The van der Waals surface area contributed by atoms with Gasteiger partial charge in [0.2, 0.25) is 0 Å². The van der Waals surface area contributed by atoms with Crippen LogP contribution in [-0.2, 0) is 0 Å². The average molecular weight is 713 g/mol. The van der Waals surface area contributed by atoms with Gasteiger partial charge >= 0.3 is 0 Å². The quantitative estimate of drug-likeness (QED) is 0.177. The summed E-state index contributed by atoms with van der Waals surface area (Å²) in [5, 5.41) is 4.98. The van der Waals surface area contributed by atoms with Crippen LogP contribution >= 0.6 is 0 Å². The van der Waals surface area contributed by atoms with E-state index in [1.54, 1.807) is 0 Å². The van der Waals surface area contributed by atoms with Crippen LogP contribution in [0.3, 0.4) is 0 Å². The molecule has 2 heterocycles. The lowest BCUT2D eigenvalue weighted by Gasteiger charge is -2.11. The van der Waals surface area contributed by atoms with Gasteiger partial charge in [0, 0.05) is 38.3 Å². The maximum absolute atomic E-state index is 3.56. The fraction of sp³-hybridized carbons (Fsp3) is 0. The summed E-state index contributed by atoms with van der Waals surface area (Å²) in [5.41, 5.74) is 18.0. The van der Waals surface area contributed by atoms with Gasteiger partial charge in [-0.3, -0.25) is 0 Å². The molecule has 2 aromatic heterocycles. The second kappa shape index (κ2) is 13.2. The van der Waals surface area contributed by atoms with Gasteiger partial charge in [-0.05, 0) is 110 Å². The van der Waals surface area contributed by atoms with Gasteiger partial charge in [-0.1, -0.05) is 158 Å². The Morgan fingerprint density at radius 3 is 1.12 bits per heavy atom. The maximum atomic E-state index is 3.56. The number of benzene rings is 9. The first-order valence-corrected chi connectivity index (χ1v) is 19.2. The number of para-hydroxylation sites is 1. The molecule has 11 rings (SSSR count). The van der Waals surface area contributed by atoms with Crippen molar-refractivity contribution in [2.24, 2.45) is 0 Å². The predicted octanol–water partition coefficient (Wildman–Crippen LogP) is 14.8. The van der Waals surface area contributed by atoms with Crippen molar-refractivity contribution >= 4 is 43.6 Å². The summed E-state index contributed by atoms with van der Waals surface area (Å²) < 4.78 is 2.42. The first kappa shape index (κ1) is 32.0. The zero-order valence-electron chi connectivity index (χ0n) is 30.7. The Bertz CT molecular complexity index is 3050. The minimum Gasteiger partial charge on any atom is -0.355 e. The fourth-order valence-electron chi connectivity index (χ4n) is 8.46. The topological polar surface area (TPSA) is 20.7 Å². The van der Waals surface area contributed by atoms with Gasteiger partial charge in [-0.2, -0.15) is 0 Å². The van der Waals surface area contributed by atoms with Crippen LogP contribution in [0.4, 0.5) is 0 Å². The number of nitrogens with zero attached hydrogens (tertiary/aromatic N) is 1. The van der Waals surface area contributed by atoms with Gasteiger partial charge in [0.15, 0.2) is 0 Å². The van der Waals surface area contributed by atoms with Crippen molar-refractivity contribution in [3.63, 3.8) is 0 Å². The van der Waals surface area contributed by atoms with E-state index < -0.39 is 0 Å². The van der Waals surface area contributed by atoms with Crippen molar-refractivity contribution in [3.8, 4) is 61.3 Å². The molecule has 0 aliphatic carbocycles. The largest absolute Gasteiger partial charge is 0.355 e. The smallest absolute Gasteiger partial charge is 0.0541 e. The van der Waals surface area contributed by atoms with Crippen LogP contribution in [0.1, 0.15) is 0 Å². The molecule has 2 nitrogen and oxygen atoms in total. The normalized spacial score (nSPS) is 11.6. The lowest BCUT2D eigenvalue weighted by molar-refractivity contribution is 1.18. The second-order valence-electron chi connectivity index (χ2n) is 14.7. The summed E-state index contributed by atoms with van der Waals surface area (Å²) >= 11 is 0. The fourth-order valence-corrected chi connectivity index (χ4v) is 8.46. The molecule has 56 heavy (non-hydrogen) atoms. The number of H-pyrrole nitrogens is 1. The molecule has 11 aromatic rings. The highest BCUT2D eigenvalue weighted by Gasteiger charge is 2.16. The summed E-state index contributed by atoms with van der Waals surface area (Å²) in [6.07, 6.45) is 0. The van der Waals surface area contributed by atoms with Crippen molar-refractivity contribution in [2.45, 2.75) is 0 Å². The molecular formula is C54H36N2. The third-order valence-corrected chi connectivity index (χ3v) is 11.4. The molecule has 0 fully saturated rings. The Morgan fingerprint density at radius 2 is 0.607 bits per heavy atom. The summed E-state index contributed by atoms with van der Waals surface area (Å²) in [6, 6.07) is 77.2. The van der Waals surface area contributed by atoms with Crippen molar-refractivity contribution in [3.05, 3.63) is 212 Å². The molecule has 0 unspecified atom stereocenters. The van der Waals surface area contributed by atoms with E-state index in [2.05, 4.69) is 222 Å². The third kappa shape index (κ3) is 5.51. The van der Waals surface area contributed by atoms with Crippen LogP contribution in [0.25, 0.3) is 105 Å². The molecule has 0 bridgehead atoms. The first-order chi connectivity index (χ1) is 27.7. The van der Waals surface area contributed by atoms with Crippen molar-refractivity contribution < 1.29 is 0 Å². The third-order valence-electron chi connectivity index (χ3n) is 11.4. The molecule has 9 aromatic carbocycles. The number of hydrogen-bond acceptors (Lipinski definition) is 0. The zero-order chi connectivity index (χ0) is 37.0. The van der Waals surface area contributed by atoms with Gasteiger partial charge in [0.1, 0.15) is 0 Å². The molecule has 0 saturated carbocycles. The van der Waals surface area contributed by atoms with Gasteiger partial charge in [0.05, 0.1) is 11.0 Å². The average Bonchev–Trinajstić information content (AvgIpc) is 3.82.